The van der Waals surface area contributed by atoms with Gasteiger partial charge in [-0.15, -0.1) is 0 Å². The summed E-state index contributed by atoms with van der Waals surface area (Å²) in [6.07, 6.45) is 53.8. The predicted molar refractivity (Wildman–Crippen MR) is 208 cm³/mol. The Morgan fingerprint density at radius 2 is 0.652 bits per heavy atom. The van der Waals surface area contributed by atoms with E-state index in [0.717, 1.165) is 0 Å². The third-order valence-corrected chi connectivity index (χ3v) is 10.6. The molecule has 1 aromatic rings. The van der Waals surface area contributed by atoms with Gasteiger partial charge in [0.05, 0.1) is 0 Å². The maximum atomic E-state index is 2.68. The van der Waals surface area contributed by atoms with Gasteiger partial charge in [-0.2, -0.15) is 0 Å². The van der Waals surface area contributed by atoms with E-state index >= 15 is 0 Å². The van der Waals surface area contributed by atoms with Crippen molar-refractivity contribution in [2.45, 2.75) is 258 Å². The Balaban J connectivity index is 2.38. The lowest BCUT2D eigenvalue weighted by molar-refractivity contribution is -0.705. The second-order valence-electron chi connectivity index (χ2n) is 15.1. The molecule has 1 heteroatoms. The molecular weight excluding hydrogens is 555 g/mol. The molecule has 0 bridgehead atoms. The minimum atomic E-state index is 1.23. The molecule has 1 rings (SSSR count). The van der Waals surface area contributed by atoms with E-state index in [4.69, 9.17) is 0 Å². The van der Waals surface area contributed by atoms with E-state index < -0.39 is 0 Å². The molecule has 0 N–H and O–H groups in total. The Bertz CT molecular complexity index is 724. The fourth-order valence-electron chi connectivity index (χ4n) is 7.43. The van der Waals surface area contributed by atoms with Gasteiger partial charge in [0.1, 0.15) is 6.54 Å². The van der Waals surface area contributed by atoms with Gasteiger partial charge in [-0.3, -0.25) is 0 Å². The van der Waals surface area contributed by atoms with Crippen molar-refractivity contribution in [2.75, 3.05) is 0 Å². The van der Waals surface area contributed by atoms with E-state index in [2.05, 4.69) is 43.7 Å². The van der Waals surface area contributed by atoms with E-state index in [0.29, 0.717) is 0 Å². The van der Waals surface area contributed by atoms with E-state index in [1.54, 1.807) is 11.3 Å². The van der Waals surface area contributed by atoms with Crippen molar-refractivity contribution in [3.8, 4) is 0 Å². The molecule has 0 aromatic carbocycles. The van der Waals surface area contributed by atoms with Crippen LogP contribution in [0, 0.1) is 0 Å². The first-order valence-corrected chi connectivity index (χ1v) is 21.8. The van der Waals surface area contributed by atoms with Crippen LogP contribution in [0.3, 0.4) is 0 Å². The van der Waals surface area contributed by atoms with E-state index in [9.17, 15) is 0 Å². The molecule has 0 atom stereocenters. The Morgan fingerprint density at radius 1 is 0.348 bits per heavy atom. The van der Waals surface area contributed by atoms with E-state index in [1.165, 1.54) is 238 Å². The first-order chi connectivity index (χ1) is 22.8. The largest absolute Gasteiger partial charge is 0.202 e. The number of rotatable bonds is 37. The number of hydrogen-bond acceptors (Lipinski definition) is 0. The van der Waals surface area contributed by atoms with Crippen molar-refractivity contribution < 1.29 is 4.57 Å². The first kappa shape index (κ1) is 43.2. The van der Waals surface area contributed by atoms with Crippen LogP contribution in [-0.4, -0.2) is 0 Å². The average molecular weight is 641 g/mol. The molecule has 0 spiro atoms. The molecule has 0 saturated carbocycles. The third-order valence-electron chi connectivity index (χ3n) is 10.6. The lowest BCUT2D eigenvalue weighted by Gasteiger charge is -2.11. The monoisotopic (exact) mass is 641 g/mol. The molecule has 0 saturated heterocycles. The fourth-order valence-corrected chi connectivity index (χ4v) is 7.43. The van der Waals surface area contributed by atoms with Gasteiger partial charge in [0, 0.05) is 24.5 Å². The van der Waals surface area contributed by atoms with Crippen molar-refractivity contribution in [1.29, 1.82) is 0 Å². The lowest BCUT2D eigenvalue weighted by Crippen LogP contribution is -2.39. The number of unbranched alkanes of at least 4 members (excludes halogenated alkanes) is 31. The van der Waals surface area contributed by atoms with Crippen LogP contribution < -0.4 is 4.57 Å². The number of aryl methyl sites for hydroxylation is 2. The van der Waals surface area contributed by atoms with Crippen LogP contribution in [-0.2, 0) is 19.4 Å². The summed E-state index contributed by atoms with van der Waals surface area (Å²) in [4.78, 5) is 0. The van der Waals surface area contributed by atoms with Crippen molar-refractivity contribution in [1.82, 2.24) is 0 Å². The average Bonchev–Trinajstić information content (AvgIpc) is 3.07. The smallest absolute Gasteiger partial charge is 0.184 e. The highest BCUT2D eigenvalue weighted by molar-refractivity contribution is 5.16. The summed E-state index contributed by atoms with van der Waals surface area (Å²) in [7, 11) is 0. The van der Waals surface area contributed by atoms with Crippen molar-refractivity contribution >= 4 is 0 Å². The molecule has 270 valence electrons. The quantitative estimate of drug-likeness (QED) is 0.0503. The zero-order valence-corrected chi connectivity index (χ0v) is 32.3. The lowest BCUT2D eigenvalue weighted by atomic mass is 9.99. The molecule has 46 heavy (non-hydrogen) atoms. The molecule has 0 amide bonds. The van der Waals surface area contributed by atoms with Crippen molar-refractivity contribution in [3.05, 3.63) is 29.6 Å². The normalized spacial score (nSPS) is 11.5. The summed E-state index contributed by atoms with van der Waals surface area (Å²) in [6, 6.07) is 4.83. The Morgan fingerprint density at radius 3 is 1.02 bits per heavy atom. The van der Waals surface area contributed by atoms with Gasteiger partial charge in [-0.25, -0.2) is 4.57 Å². The molecule has 0 aliphatic heterocycles. The maximum Gasteiger partial charge on any atom is 0.184 e. The Labute approximate surface area is 291 Å². The third kappa shape index (κ3) is 27.1. The van der Waals surface area contributed by atoms with Gasteiger partial charge in [0.15, 0.2) is 11.9 Å². The topological polar surface area (TPSA) is 3.88 Å². The van der Waals surface area contributed by atoms with Crippen LogP contribution in [0.15, 0.2) is 18.3 Å². The van der Waals surface area contributed by atoms with Gasteiger partial charge in [-0.05, 0) is 31.7 Å². The van der Waals surface area contributed by atoms with Gasteiger partial charge < -0.3 is 0 Å². The zero-order valence-electron chi connectivity index (χ0n) is 32.3. The van der Waals surface area contributed by atoms with Crippen molar-refractivity contribution in [2.24, 2.45) is 0 Å². The van der Waals surface area contributed by atoms with Crippen LogP contribution >= 0.6 is 0 Å². The molecule has 0 fully saturated rings. The molecule has 1 heterocycles. The number of nitrogens with zero attached hydrogens (tertiary/aromatic N) is 1. The van der Waals surface area contributed by atoms with Crippen LogP contribution in [0.2, 0.25) is 0 Å². The highest BCUT2D eigenvalue weighted by Gasteiger charge is 2.15. The fraction of sp³-hybridized carbons (Fsp3) is 0.889. The second-order valence-corrected chi connectivity index (χ2v) is 15.1. The zero-order chi connectivity index (χ0) is 33.0. The summed E-state index contributed by atoms with van der Waals surface area (Å²) in [5, 5.41) is 0. The number of pyridine rings is 1. The molecule has 0 aliphatic carbocycles. The number of aromatic nitrogens is 1. The standard InChI is InChI=1S/C45H86N/c1-4-7-10-13-16-19-22-25-28-31-34-37-42-46-43-38-40-44(39-35-32-29-26-23-20-17-14-11-8-5-2)45(46)41-36-33-30-27-24-21-18-15-12-9-6-3/h38,40,43H,4-37,39,41-42H2,1-3H3/q+1. The highest BCUT2D eigenvalue weighted by atomic mass is 15.0. The van der Waals surface area contributed by atoms with Gasteiger partial charge in [0.2, 0.25) is 0 Å². The molecule has 0 radical (unpaired) electrons. The first-order valence-electron chi connectivity index (χ1n) is 21.8. The number of hydrogen-bond donors (Lipinski definition) is 0. The summed E-state index contributed by atoms with van der Waals surface area (Å²) >= 11 is 0. The highest BCUT2D eigenvalue weighted by Crippen LogP contribution is 2.18. The SMILES string of the molecule is CCCCCCCCCCCCCC[n+]1cccc(CCCCCCCCCCCCC)c1CCCCCCCCCCCCC. The molecule has 1 nitrogen and oxygen atoms in total. The second kappa shape index (κ2) is 35.5. The summed E-state index contributed by atoms with van der Waals surface area (Å²) < 4.78 is 2.68. The van der Waals surface area contributed by atoms with Crippen molar-refractivity contribution in [3.63, 3.8) is 0 Å². The van der Waals surface area contributed by atoms with Gasteiger partial charge in [-0.1, -0.05) is 213 Å². The van der Waals surface area contributed by atoms with E-state index in [-0.39, 0.29) is 0 Å². The van der Waals surface area contributed by atoms with Crippen LogP contribution in [0.25, 0.3) is 0 Å². The Hall–Kier alpha value is -0.850. The minimum Gasteiger partial charge on any atom is -0.202 e. The summed E-state index contributed by atoms with van der Waals surface area (Å²) in [5.41, 5.74) is 3.36. The molecule has 0 aliphatic rings. The minimum absolute atomic E-state index is 1.23. The van der Waals surface area contributed by atoms with Crippen LogP contribution in [0.4, 0.5) is 0 Å². The predicted octanol–water partition coefficient (Wildman–Crippen LogP) is 15.4. The van der Waals surface area contributed by atoms with Crippen LogP contribution in [0.1, 0.15) is 250 Å². The summed E-state index contributed by atoms with van der Waals surface area (Å²) in [6.45, 7) is 8.18. The maximum absolute atomic E-state index is 2.68. The summed E-state index contributed by atoms with van der Waals surface area (Å²) in [5.74, 6) is 0. The van der Waals surface area contributed by atoms with Gasteiger partial charge >= 0.3 is 0 Å². The molecular formula is C45H86N+. The van der Waals surface area contributed by atoms with E-state index in [1.807, 2.05) is 0 Å². The molecule has 1 aromatic heterocycles. The van der Waals surface area contributed by atoms with Crippen LogP contribution in [0.5, 0.6) is 0 Å². The molecule has 0 unspecified atom stereocenters. The van der Waals surface area contributed by atoms with Gasteiger partial charge in [0.25, 0.3) is 0 Å². The Kier molecular flexibility index (Phi) is 33.3.